The number of amides is 1. The molecule has 0 radical (unpaired) electrons. The van der Waals surface area contributed by atoms with Gasteiger partial charge in [-0.2, -0.15) is 5.26 Å². The molecule has 1 saturated heterocycles. The minimum absolute atomic E-state index is 0.114. The monoisotopic (exact) mass is 218 g/mol. The van der Waals surface area contributed by atoms with Crippen LogP contribution >= 0.6 is 0 Å². The van der Waals surface area contributed by atoms with E-state index in [4.69, 9.17) is 10.5 Å². The fourth-order valence-corrected chi connectivity index (χ4v) is 1.82. The number of hydroxylamine groups is 1. The van der Waals surface area contributed by atoms with Crippen LogP contribution < -0.4 is 10.8 Å². The van der Waals surface area contributed by atoms with E-state index in [9.17, 15) is 9.59 Å². The van der Waals surface area contributed by atoms with Gasteiger partial charge in [0, 0.05) is 0 Å². The summed E-state index contributed by atoms with van der Waals surface area (Å²) in [6, 6.07) is 0. The van der Waals surface area contributed by atoms with Crippen LogP contribution in [0.25, 0.3) is 0 Å². The van der Waals surface area contributed by atoms with Crippen molar-refractivity contribution in [3.63, 3.8) is 0 Å². The first kappa shape index (κ1) is 11.9. The summed E-state index contributed by atoms with van der Waals surface area (Å²) in [6.45, 7) is 2.30. The van der Waals surface area contributed by atoms with Gasteiger partial charge in [-0.25, -0.2) is 10.3 Å². The maximum Gasteiger partial charge on any atom is 0.371 e. The zero-order valence-electron chi connectivity index (χ0n) is 8.32. The molecule has 0 aromatic carbocycles. The lowest BCUT2D eigenvalue weighted by Crippen LogP contribution is -2.65. The molecule has 1 heterocycles. The lowest BCUT2D eigenvalue weighted by molar-refractivity contribution is -0.242. The maximum absolute atomic E-state index is 11.4. The molecule has 86 valence electrons. The maximum atomic E-state index is 11.4. The number of rotatable bonds is 2. The fourth-order valence-electron chi connectivity index (χ4n) is 1.82. The topological polar surface area (TPSA) is 108 Å². The summed E-state index contributed by atoms with van der Waals surface area (Å²) >= 11 is 0. The Bertz CT molecular complexity index is 252. The van der Waals surface area contributed by atoms with Gasteiger partial charge in [0.15, 0.2) is 0 Å². The van der Waals surface area contributed by atoms with E-state index >= 15 is 0 Å². The molecule has 1 amide bonds. The van der Waals surface area contributed by atoms with E-state index in [1.807, 2.05) is 6.92 Å². The standard InChI is InChI=1S/C8H14N2O5/c1-5-2-3-9-8(4-5,6(11)10-13)7(12)15-14/h5,9,13-14H,2-4H2,1H3,(H,10,11). The molecule has 0 aliphatic carbocycles. The van der Waals surface area contributed by atoms with Gasteiger partial charge in [-0.15, -0.1) is 0 Å². The van der Waals surface area contributed by atoms with Crippen molar-refractivity contribution in [3.05, 3.63) is 0 Å². The van der Waals surface area contributed by atoms with Gasteiger partial charge in [0.05, 0.1) is 0 Å². The highest BCUT2D eigenvalue weighted by molar-refractivity contribution is 6.07. The van der Waals surface area contributed by atoms with E-state index in [1.54, 1.807) is 0 Å². The molecule has 1 aliphatic heterocycles. The van der Waals surface area contributed by atoms with Crippen molar-refractivity contribution in [2.75, 3.05) is 6.54 Å². The first-order valence-corrected chi connectivity index (χ1v) is 4.62. The van der Waals surface area contributed by atoms with Gasteiger partial charge in [-0.3, -0.25) is 20.2 Å². The van der Waals surface area contributed by atoms with Gasteiger partial charge in [0.25, 0.3) is 5.91 Å². The molecule has 2 atom stereocenters. The Morgan fingerprint density at radius 2 is 2.27 bits per heavy atom. The first-order valence-electron chi connectivity index (χ1n) is 4.62. The number of nitrogens with one attached hydrogen (secondary N) is 2. The SMILES string of the molecule is CC1CCNC(C(=O)NO)(C(=O)OO)C1. The van der Waals surface area contributed by atoms with E-state index in [-0.39, 0.29) is 12.3 Å². The van der Waals surface area contributed by atoms with Crippen molar-refractivity contribution in [3.8, 4) is 0 Å². The van der Waals surface area contributed by atoms with Crippen LogP contribution in [-0.2, 0) is 14.5 Å². The second-order valence-electron chi connectivity index (χ2n) is 3.75. The zero-order chi connectivity index (χ0) is 11.5. The second-order valence-corrected chi connectivity index (χ2v) is 3.75. The third-order valence-corrected chi connectivity index (χ3v) is 2.64. The van der Waals surface area contributed by atoms with Crippen molar-refractivity contribution in [2.45, 2.75) is 25.3 Å². The molecular weight excluding hydrogens is 204 g/mol. The molecule has 15 heavy (non-hydrogen) atoms. The molecule has 0 spiro atoms. The van der Waals surface area contributed by atoms with Crippen LogP contribution in [0.5, 0.6) is 0 Å². The first-order chi connectivity index (χ1) is 7.06. The number of hydrogen-bond donors (Lipinski definition) is 4. The summed E-state index contributed by atoms with van der Waals surface area (Å²) in [5, 5.41) is 19.5. The molecule has 0 aromatic heterocycles. The van der Waals surface area contributed by atoms with E-state index < -0.39 is 17.4 Å². The summed E-state index contributed by atoms with van der Waals surface area (Å²) in [6.07, 6.45) is 0.970. The molecule has 0 saturated carbocycles. The molecular formula is C8H14N2O5. The third kappa shape index (κ3) is 2.09. The molecule has 0 aromatic rings. The smallest absolute Gasteiger partial charge is 0.298 e. The summed E-state index contributed by atoms with van der Waals surface area (Å²) < 4.78 is 0. The summed E-state index contributed by atoms with van der Waals surface area (Å²) in [4.78, 5) is 26.3. The minimum Gasteiger partial charge on any atom is -0.298 e. The molecule has 4 N–H and O–H groups in total. The van der Waals surface area contributed by atoms with Crippen molar-refractivity contribution in [1.29, 1.82) is 0 Å². The van der Waals surface area contributed by atoms with Gasteiger partial charge in [0.1, 0.15) is 0 Å². The predicted molar refractivity (Wildman–Crippen MR) is 47.8 cm³/mol. The van der Waals surface area contributed by atoms with Gasteiger partial charge < -0.3 is 0 Å². The van der Waals surface area contributed by atoms with Crippen LogP contribution in [0.3, 0.4) is 0 Å². The number of hydrogen-bond acceptors (Lipinski definition) is 6. The highest BCUT2D eigenvalue weighted by atomic mass is 17.1. The Labute approximate surface area is 86.3 Å². The highest BCUT2D eigenvalue weighted by Crippen LogP contribution is 2.25. The number of piperidine rings is 1. The second kappa shape index (κ2) is 4.56. The molecule has 2 unspecified atom stereocenters. The van der Waals surface area contributed by atoms with Crippen LogP contribution in [0.1, 0.15) is 19.8 Å². The Morgan fingerprint density at radius 3 is 2.73 bits per heavy atom. The third-order valence-electron chi connectivity index (χ3n) is 2.64. The minimum atomic E-state index is -1.69. The lowest BCUT2D eigenvalue weighted by atomic mass is 9.82. The molecule has 1 aliphatic rings. The highest BCUT2D eigenvalue weighted by Gasteiger charge is 2.50. The van der Waals surface area contributed by atoms with Crippen LogP contribution in [0, 0.1) is 5.92 Å². The van der Waals surface area contributed by atoms with E-state index in [2.05, 4.69) is 10.2 Å². The van der Waals surface area contributed by atoms with Gasteiger partial charge in [-0.05, 0) is 25.3 Å². The van der Waals surface area contributed by atoms with Gasteiger partial charge in [0.2, 0.25) is 5.54 Å². The Morgan fingerprint density at radius 1 is 1.60 bits per heavy atom. The average Bonchev–Trinajstić information content (AvgIpc) is 2.26. The lowest BCUT2D eigenvalue weighted by Gasteiger charge is -2.35. The molecule has 1 fully saturated rings. The van der Waals surface area contributed by atoms with Crippen LogP contribution in [0.15, 0.2) is 0 Å². The number of carbonyl (C=O) groups is 2. The summed E-state index contributed by atoms with van der Waals surface area (Å²) in [5.74, 6) is -1.92. The average molecular weight is 218 g/mol. The summed E-state index contributed by atoms with van der Waals surface area (Å²) in [5.41, 5.74) is -0.295. The van der Waals surface area contributed by atoms with E-state index in [1.165, 1.54) is 5.48 Å². The van der Waals surface area contributed by atoms with Gasteiger partial charge in [-0.1, -0.05) is 6.92 Å². The van der Waals surface area contributed by atoms with Crippen LogP contribution in [-0.4, -0.2) is 34.4 Å². The van der Waals surface area contributed by atoms with Crippen molar-refractivity contribution >= 4 is 11.9 Å². The zero-order valence-corrected chi connectivity index (χ0v) is 8.32. The van der Waals surface area contributed by atoms with Gasteiger partial charge >= 0.3 is 5.97 Å². The number of carbonyl (C=O) groups excluding carboxylic acids is 2. The Kier molecular flexibility index (Phi) is 3.61. The predicted octanol–water partition coefficient (Wildman–Crippen LogP) is -0.734. The van der Waals surface area contributed by atoms with Crippen LogP contribution in [0.2, 0.25) is 0 Å². The molecule has 1 rings (SSSR count). The van der Waals surface area contributed by atoms with E-state index in [0.717, 1.165) is 6.42 Å². The normalized spacial score (nSPS) is 30.7. The summed E-state index contributed by atoms with van der Waals surface area (Å²) in [7, 11) is 0. The van der Waals surface area contributed by atoms with Crippen molar-refractivity contribution in [2.24, 2.45) is 5.92 Å². The quantitative estimate of drug-likeness (QED) is 0.210. The molecule has 7 nitrogen and oxygen atoms in total. The largest absolute Gasteiger partial charge is 0.371 e. The molecule has 7 heteroatoms. The van der Waals surface area contributed by atoms with Crippen LogP contribution in [0.4, 0.5) is 0 Å². The fraction of sp³-hybridized carbons (Fsp3) is 0.750. The van der Waals surface area contributed by atoms with Crippen molar-refractivity contribution < 1.29 is 24.9 Å². The Hall–Kier alpha value is -1.18. The van der Waals surface area contributed by atoms with E-state index in [0.29, 0.717) is 6.54 Å². The Balaban J connectivity index is 2.94. The van der Waals surface area contributed by atoms with Crippen molar-refractivity contribution in [1.82, 2.24) is 10.8 Å². The molecule has 0 bridgehead atoms.